The molecule has 3 heteroatoms. The molecule has 0 saturated carbocycles. The van der Waals surface area contributed by atoms with Crippen LogP contribution in [0.15, 0.2) is 4.42 Å². The van der Waals surface area contributed by atoms with Crippen LogP contribution in [-0.4, -0.2) is 11.5 Å². The molecule has 1 aromatic rings. The van der Waals surface area contributed by atoms with Crippen molar-refractivity contribution in [3.8, 4) is 0 Å². The third-order valence-electron chi connectivity index (χ3n) is 2.54. The molecule has 0 bridgehead atoms. The second-order valence-electron chi connectivity index (χ2n) is 3.89. The summed E-state index contributed by atoms with van der Waals surface area (Å²) in [6.07, 6.45) is 1.20. The van der Waals surface area contributed by atoms with Gasteiger partial charge in [-0.1, -0.05) is 20.3 Å². The van der Waals surface area contributed by atoms with Crippen molar-refractivity contribution in [1.82, 2.24) is 10.3 Å². The zero-order valence-corrected chi connectivity index (χ0v) is 9.55. The molecule has 0 aromatic carbocycles. The molecule has 1 atom stereocenters. The lowest BCUT2D eigenvalue weighted by molar-refractivity contribution is 0.426. The van der Waals surface area contributed by atoms with Gasteiger partial charge in [0.05, 0.1) is 12.2 Å². The van der Waals surface area contributed by atoms with E-state index >= 15 is 0 Å². The molecule has 0 amide bonds. The van der Waals surface area contributed by atoms with Crippen molar-refractivity contribution in [2.75, 3.05) is 6.54 Å². The normalized spacial score (nSPS) is 13.1. The highest BCUT2D eigenvalue weighted by Crippen LogP contribution is 2.07. The van der Waals surface area contributed by atoms with E-state index in [0.717, 1.165) is 30.4 Å². The molecule has 0 spiro atoms. The van der Waals surface area contributed by atoms with Gasteiger partial charge in [-0.25, -0.2) is 4.98 Å². The Kier molecular flexibility index (Phi) is 4.14. The summed E-state index contributed by atoms with van der Waals surface area (Å²) in [5.74, 6) is 2.43. The van der Waals surface area contributed by atoms with Gasteiger partial charge >= 0.3 is 0 Å². The lowest BCUT2D eigenvalue weighted by Gasteiger charge is -2.07. The maximum Gasteiger partial charge on any atom is 0.208 e. The molecule has 14 heavy (non-hydrogen) atoms. The summed E-state index contributed by atoms with van der Waals surface area (Å²) in [6.45, 7) is 10.1. The number of hydrogen-bond acceptors (Lipinski definition) is 3. The molecule has 1 N–H and O–H groups in total. The topological polar surface area (TPSA) is 38.1 Å². The summed E-state index contributed by atoms with van der Waals surface area (Å²) in [6, 6.07) is 0. The highest BCUT2D eigenvalue weighted by atomic mass is 16.4. The van der Waals surface area contributed by atoms with Gasteiger partial charge in [-0.2, -0.15) is 0 Å². The van der Waals surface area contributed by atoms with Gasteiger partial charge in [0.25, 0.3) is 0 Å². The van der Waals surface area contributed by atoms with Gasteiger partial charge in [0.15, 0.2) is 0 Å². The smallest absolute Gasteiger partial charge is 0.208 e. The van der Waals surface area contributed by atoms with Crippen molar-refractivity contribution in [1.29, 1.82) is 0 Å². The van der Waals surface area contributed by atoms with Crippen molar-refractivity contribution < 1.29 is 4.42 Å². The third kappa shape index (κ3) is 3.14. The molecule has 1 rings (SSSR count). The maximum absolute atomic E-state index is 5.46. The second kappa shape index (κ2) is 5.15. The first-order valence-electron chi connectivity index (χ1n) is 5.27. The number of hydrogen-bond donors (Lipinski definition) is 1. The average Bonchev–Trinajstić information content (AvgIpc) is 2.46. The number of aryl methyl sites for hydroxylation is 2. The Labute approximate surface area is 85.9 Å². The quantitative estimate of drug-likeness (QED) is 0.786. The van der Waals surface area contributed by atoms with Crippen molar-refractivity contribution in [3.63, 3.8) is 0 Å². The second-order valence-corrected chi connectivity index (χ2v) is 3.89. The summed E-state index contributed by atoms with van der Waals surface area (Å²) in [5, 5.41) is 3.34. The van der Waals surface area contributed by atoms with E-state index in [1.165, 1.54) is 6.42 Å². The summed E-state index contributed by atoms with van der Waals surface area (Å²) >= 11 is 0. The van der Waals surface area contributed by atoms with Crippen molar-refractivity contribution >= 4 is 0 Å². The van der Waals surface area contributed by atoms with Crippen LogP contribution in [0.1, 0.15) is 37.6 Å². The van der Waals surface area contributed by atoms with Crippen molar-refractivity contribution in [2.45, 2.75) is 40.7 Å². The number of rotatable bonds is 5. The van der Waals surface area contributed by atoms with E-state index in [1.807, 2.05) is 13.8 Å². The van der Waals surface area contributed by atoms with E-state index in [9.17, 15) is 0 Å². The van der Waals surface area contributed by atoms with Gasteiger partial charge in [0.1, 0.15) is 5.76 Å². The van der Waals surface area contributed by atoms with Crippen LogP contribution in [0.2, 0.25) is 0 Å². The molecule has 0 aliphatic rings. The molecule has 1 aromatic heterocycles. The Balaban J connectivity index is 2.31. The fraction of sp³-hybridized carbons (Fsp3) is 0.727. The molecule has 1 unspecified atom stereocenters. The van der Waals surface area contributed by atoms with Gasteiger partial charge in [-0.3, -0.25) is 0 Å². The summed E-state index contributed by atoms with van der Waals surface area (Å²) in [5.41, 5.74) is 0.991. The number of nitrogens with one attached hydrogen (secondary N) is 1. The highest BCUT2D eigenvalue weighted by Gasteiger charge is 2.05. The minimum Gasteiger partial charge on any atom is -0.444 e. The van der Waals surface area contributed by atoms with Gasteiger partial charge in [0, 0.05) is 0 Å². The zero-order chi connectivity index (χ0) is 10.6. The lowest BCUT2D eigenvalue weighted by atomic mass is 10.1. The summed E-state index contributed by atoms with van der Waals surface area (Å²) < 4.78 is 5.46. The maximum atomic E-state index is 5.46. The van der Waals surface area contributed by atoms with Crippen molar-refractivity contribution in [3.05, 3.63) is 17.3 Å². The average molecular weight is 196 g/mol. The number of aromatic nitrogens is 1. The van der Waals surface area contributed by atoms with Gasteiger partial charge in [0.2, 0.25) is 5.89 Å². The molecule has 3 nitrogen and oxygen atoms in total. The fourth-order valence-corrected chi connectivity index (χ4v) is 1.18. The van der Waals surface area contributed by atoms with E-state index in [1.54, 1.807) is 0 Å². The van der Waals surface area contributed by atoms with Gasteiger partial charge in [-0.05, 0) is 26.3 Å². The summed E-state index contributed by atoms with van der Waals surface area (Å²) in [7, 11) is 0. The predicted octanol–water partition coefficient (Wildman–Crippen LogP) is 2.43. The molecule has 0 radical (unpaired) electrons. The molecule has 80 valence electrons. The first kappa shape index (κ1) is 11.2. The van der Waals surface area contributed by atoms with Gasteiger partial charge in [-0.15, -0.1) is 0 Å². The lowest BCUT2D eigenvalue weighted by Crippen LogP contribution is -2.20. The third-order valence-corrected chi connectivity index (χ3v) is 2.54. The minimum atomic E-state index is 0.715. The first-order valence-corrected chi connectivity index (χ1v) is 5.27. The highest BCUT2D eigenvalue weighted by molar-refractivity contribution is 5.04. The van der Waals surface area contributed by atoms with E-state index in [4.69, 9.17) is 4.42 Å². The van der Waals surface area contributed by atoms with Crippen molar-refractivity contribution in [2.24, 2.45) is 5.92 Å². The minimum absolute atomic E-state index is 0.715. The Hall–Kier alpha value is -0.830. The fourth-order valence-electron chi connectivity index (χ4n) is 1.18. The molecule has 0 aliphatic carbocycles. The molecular formula is C11H20N2O. The standard InChI is InChI=1S/C11H20N2O/c1-5-8(2)6-12-7-11-13-9(3)10(4)14-11/h8,12H,5-7H2,1-4H3. The van der Waals surface area contributed by atoms with Crippen LogP contribution in [0.4, 0.5) is 0 Å². The van der Waals surface area contributed by atoms with Crippen LogP contribution in [0.25, 0.3) is 0 Å². The van der Waals surface area contributed by atoms with E-state index in [0.29, 0.717) is 5.92 Å². The Morgan fingerprint density at radius 3 is 2.64 bits per heavy atom. The summed E-state index contributed by atoms with van der Waals surface area (Å²) in [4.78, 5) is 4.30. The molecule has 0 aliphatic heterocycles. The molecule has 0 saturated heterocycles. The van der Waals surface area contributed by atoms with Crippen LogP contribution in [0.3, 0.4) is 0 Å². The van der Waals surface area contributed by atoms with E-state index < -0.39 is 0 Å². The van der Waals surface area contributed by atoms with E-state index in [2.05, 4.69) is 24.1 Å². The number of oxazole rings is 1. The van der Waals surface area contributed by atoms with Gasteiger partial charge < -0.3 is 9.73 Å². The number of nitrogens with zero attached hydrogens (tertiary/aromatic N) is 1. The Bertz CT molecular complexity index is 261. The van der Waals surface area contributed by atoms with E-state index in [-0.39, 0.29) is 0 Å². The first-order chi connectivity index (χ1) is 6.63. The Morgan fingerprint density at radius 2 is 2.14 bits per heavy atom. The van der Waals surface area contributed by atoms with Crippen LogP contribution in [-0.2, 0) is 6.54 Å². The SMILES string of the molecule is CCC(C)CNCc1nc(C)c(C)o1. The predicted molar refractivity (Wildman–Crippen MR) is 57.1 cm³/mol. The molecular weight excluding hydrogens is 176 g/mol. The largest absolute Gasteiger partial charge is 0.444 e. The monoisotopic (exact) mass is 196 g/mol. The van der Waals surface area contributed by atoms with Crippen LogP contribution < -0.4 is 5.32 Å². The van der Waals surface area contributed by atoms with Crippen LogP contribution in [0, 0.1) is 19.8 Å². The van der Waals surface area contributed by atoms with Crippen LogP contribution in [0.5, 0.6) is 0 Å². The molecule has 1 heterocycles. The van der Waals surface area contributed by atoms with Crippen LogP contribution >= 0.6 is 0 Å². The Morgan fingerprint density at radius 1 is 1.43 bits per heavy atom. The molecule has 0 fully saturated rings. The zero-order valence-electron chi connectivity index (χ0n) is 9.55.